The van der Waals surface area contributed by atoms with Crippen molar-refractivity contribution < 1.29 is 29.0 Å². The summed E-state index contributed by atoms with van der Waals surface area (Å²) in [6.45, 7) is 0. The van der Waals surface area contributed by atoms with Crippen LogP contribution in [0, 0.1) is 0 Å². The molecule has 2 aromatic rings. The molecule has 0 saturated carbocycles. The van der Waals surface area contributed by atoms with Crippen LogP contribution >= 0.6 is 0 Å². The maximum Gasteiger partial charge on any atom is 0.354 e. The molecule has 1 aromatic heterocycles. The molecule has 8 heteroatoms. The van der Waals surface area contributed by atoms with Gasteiger partial charge in [0.1, 0.15) is 11.4 Å². The molecule has 0 bridgehead atoms. The van der Waals surface area contributed by atoms with Gasteiger partial charge in [0.25, 0.3) is 0 Å². The zero-order chi connectivity index (χ0) is 19.1. The average Bonchev–Trinajstić information content (AvgIpc) is 2.67. The first-order valence-corrected chi connectivity index (χ1v) is 7.40. The van der Waals surface area contributed by atoms with Crippen molar-refractivity contribution in [2.24, 2.45) is 0 Å². The van der Waals surface area contributed by atoms with Gasteiger partial charge in [-0.05, 0) is 24.3 Å². The number of methoxy groups -OCH3 is 2. The number of hydrogen-bond donors (Lipinski definition) is 2. The minimum Gasteiger partial charge on any atom is -0.477 e. The van der Waals surface area contributed by atoms with Crippen LogP contribution in [0.3, 0.4) is 0 Å². The van der Waals surface area contributed by atoms with E-state index in [9.17, 15) is 14.4 Å². The number of aromatic nitrogens is 1. The Balaban J connectivity index is 2.35. The zero-order valence-electron chi connectivity index (χ0n) is 14.1. The Bertz CT molecular complexity index is 875. The van der Waals surface area contributed by atoms with E-state index >= 15 is 0 Å². The predicted molar refractivity (Wildman–Crippen MR) is 92.4 cm³/mol. The molecule has 1 heterocycles. The van der Waals surface area contributed by atoms with Crippen LogP contribution < -0.4 is 5.32 Å². The molecule has 0 amide bonds. The number of anilines is 1. The summed E-state index contributed by atoms with van der Waals surface area (Å²) in [7, 11) is 2.38. The Hall–Kier alpha value is -3.68. The third-order valence-corrected chi connectivity index (χ3v) is 3.27. The molecule has 0 aliphatic rings. The predicted octanol–water partition coefficient (Wildman–Crippen LogP) is 2.09. The molecule has 0 spiro atoms. The molecular formula is C18H16N2O6. The van der Waals surface area contributed by atoms with Crippen LogP contribution in [-0.4, -0.2) is 42.2 Å². The molecule has 0 aliphatic heterocycles. The van der Waals surface area contributed by atoms with Gasteiger partial charge in [-0.3, -0.25) is 0 Å². The number of carboxylic acids is 1. The number of ether oxygens (including phenoxy) is 2. The number of carbonyl (C=O) groups excluding carboxylic acids is 2. The van der Waals surface area contributed by atoms with Gasteiger partial charge in [0.2, 0.25) is 0 Å². The first-order chi connectivity index (χ1) is 12.4. The molecule has 0 fully saturated rings. The van der Waals surface area contributed by atoms with Crippen LogP contribution in [0.2, 0.25) is 0 Å². The number of carbonyl (C=O) groups is 3. The maximum absolute atomic E-state index is 11.8. The van der Waals surface area contributed by atoms with E-state index < -0.39 is 17.9 Å². The lowest BCUT2D eigenvalue weighted by Gasteiger charge is -2.10. The van der Waals surface area contributed by atoms with Crippen LogP contribution in [0.5, 0.6) is 0 Å². The highest BCUT2D eigenvalue weighted by Gasteiger charge is 2.13. The van der Waals surface area contributed by atoms with Crippen LogP contribution in [0.4, 0.5) is 5.69 Å². The summed E-state index contributed by atoms with van der Waals surface area (Å²) in [4.78, 5) is 38.3. The number of esters is 2. The molecule has 1 aromatic carbocycles. The lowest BCUT2D eigenvalue weighted by Crippen LogP contribution is -2.15. The number of nitrogens with one attached hydrogen (secondary N) is 1. The average molecular weight is 356 g/mol. The van der Waals surface area contributed by atoms with Gasteiger partial charge in [0.15, 0.2) is 0 Å². The van der Waals surface area contributed by atoms with Gasteiger partial charge in [-0.15, -0.1) is 0 Å². The van der Waals surface area contributed by atoms with Crippen molar-refractivity contribution in [1.29, 1.82) is 0 Å². The second-order valence-electron chi connectivity index (χ2n) is 4.99. The van der Waals surface area contributed by atoms with Crippen molar-refractivity contribution in [3.05, 3.63) is 59.9 Å². The summed E-state index contributed by atoms with van der Waals surface area (Å²) in [5.74, 6) is -2.59. The molecule has 2 N–H and O–H groups in total. The van der Waals surface area contributed by atoms with Gasteiger partial charge in [-0.1, -0.05) is 18.2 Å². The number of rotatable bonds is 6. The van der Waals surface area contributed by atoms with E-state index in [0.717, 1.165) is 6.08 Å². The summed E-state index contributed by atoms with van der Waals surface area (Å²) < 4.78 is 9.14. The van der Waals surface area contributed by atoms with Crippen molar-refractivity contribution in [2.75, 3.05) is 19.5 Å². The third-order valence-electron chi connectivity index (χ3n) is 3.27. The minimum atomic E-state index is -1.13. The molecule has 0 unspecified atom stereocenters. The lowest BCUT2D eigenvalue weighted by molar-refractivity contribution is -0.138. The Labute approximate surface area is 149 Å². The first kappa shape index (κ1) is 18.7. The van der Waals surface area contributed by atoms with Crippen molar-refractivity contribution in [3.63, 3.8) is 0 Å². The smallest absolute Gasteiger partial charge is 0.354 e. The standard InChI is InChI=1S/C18H16N2O6/c1-25-16(21)10-15(18(24)26-2)19-12-6-3-5-11(9-12)13-7-4-8-14(20-13)17(22)23/h3-10,19H,1-2H3,(H,22,23)/b15-10+. The molecule has 0 radical (unpaired) electrons. The number of nitrogens with zero attached hydrogens (tertiary/aromatic N) is 1. The van der Waals surface area contributed by atoms with Crippen LogP contribution in [-0.2, 0) is 19.1 Å². The summed E-state index contributed by atoms with van der Waals surface area (Å²) in [6, 6.07) is 11.4. The summed E-state index contributed by atoms with van der Waals surface area (Å²) in [5.41, 5.74) is 1.36. The first-order valence-electron chi connectivity index (χ1n) is 7.40. The van der Waals surface area contributed by atoms with Crippen LogP contribution in [0.25, 0.3) is 11.3 Å². The van der Waals surface area contributed by atoms with Crippen molar-refractivity contribution in [2.45, 2.75) is 0 Å². The molecule has 0 atom stereocenters. The quantitative estimate of drug-likeness (QED) is 0.597. The largest absolute Gasteiger partial charge is 0.477 e. The van der Waals surface area contributed by atoms with E-state index in [4.69, 9.17) is 5.11 Å². The molecule has 0 saturated heterocycles. The third kappa shape index (κ3) is 4.67. The van der Waals surface area contributed by atoms with Crippen LogP contribution in [0.1, 0.15) is 10.5 Å². The SMILES string of the molecule is COC(=O)/C=C(/Nc1cccc(-c2cccc(C(=O)O)n2)c1)C(=O)OC. The van der Waals surface area contributed by atoms with Crippen molar-refractivity contribution in [1.82, 2.24) is 4.98 Å². The molecule has 0 aliphatic carbocycles. The van der Waals surface area contributed by atoms with Gasteiger partial charge in [-0.2, -0.15) is 0 Å². The highest BCUT2D eigenvalue weighted by molar-refractivity contribution is 5.98. The second kappa shape index (κ2) is 8.43. The van der Waals surface area contributed by atoms with E-state index in [1.54, 1.807) is 36.4 Å². The Morgan fingerprint density at radius 2 is 1.81 bits per heavy atom. The van der Waals surface area contributed by atoms with Crippen molar-refractivity contribution in [3.8, 4) is 11.3 Å². The number of carboxylic acid groups (broad SMARTS) is 1. The molecular weight excluding hydrogens is 340 g/mol. The van der Waals surface area contributed by atoms with E-state index in [-0.39, 0.29) is 11.4 Å². The summed E-state index contributed by atoms with van der Waals surface area (Å²) in [5, 5.41) is 11.8. The van der Waals surface area contributed by atoms with Gasteiger partial charge in [0.05, 0.1) is 26.0 Å². The lowest BCUT2D eigenvalue weighted by atomic mass is 10.1. The van der Waals surface area contributed by atoms with E-state index in [1.165, 1.54) is 20.3 Å². The number of pyridine rings is 1. The number of hydrogen-bond acceptors (Lipinski definition) is 7. The van der Waals surface area contributed by atoms with Gasteiger partial charge in [-0.25, -0.2) is 19.4 Å². The number of benzene rings is 1. The van der Waals surface area contributed by atoms with E-state index in [1.807, 2.05) is 0 Å². The van der Waals surface area contributed by atoms with Crippen molar-refractivity contribution >= 4 is 23.6 Å². The summed E-state index contributed by atoms with van der Waals surface area (Å²) in [6.07, 6.45) is 0.974. The maximum atomic E-state index is 11.8. The fourth-order valence-corrected chi connectivity index (χ4v) is 2.06. The minimum absolute atomic E-state index is 0.0818. The van der Waals surface area contributed by atoms with Gasteiger partial charge in [0, 0.05) is 11.3 Å². The van der Waals surface area contributed by atoms with Gasteiger partial charge >= 0.3 is 17.9 Å². The molecule has 2 rings (SSSR count). The van der Waals surface area contributed by atoms with E-state index in [0.29, 0.717) is 16.9 Å². The molecule has 26 heavy (non-hydrogen) atoms. The topological polar surface area (TPSA) is 115 Å². The highest BCUT2D eigenvalue weighted by Crippen LogP contribution is 2.22. The summed E-state index contributed by atoms with van der Waals surface area (Å²) >= 11 is 0. The molecule has 134 valence electrons. The van der Waals surface area contributed by atoms with Gasteiger partial charge < -0.3 is 19.9 Å². The molecule has 8 nitrogen and oxygen atoms in total. The van der Waals surface area contributed by atoms with E-state index in [2.05, 4.69) is 19.8 Å². The fraction of sp³-hybridized carbons (Fsp3) is 0.111. The zero-order valence-corrected chi connectivity index (χ0v) is 14.1. The highest BCUT2D eigenvalue weighted by atomic mass is 16.5. The Morgan fingerprint density at radius 1 is 1.08 bits per heavy atom. The second-order valence-corrected chi connectivity index (χ2v) is 4.99. The normalized spacial score (nSPS) is 10.8. The number of aromatic carboxylic acids is 1. The monoisotopic (exact) mass is 356 g/mol. The Morgan fingerprint density at radius 3 is 2.46 bits per heavy atom. The fourth-order valence-electron chi connectivity index (χ4n) is 2.06. The van der Waals surface area contributed by atoms with Crippen LogP contribution in [0.15, 0.2) is 54.2 Å². The Kier molecular flexibility index (Phi) is 6.05.